The first kappa shape index (κ1) is 19.3. The Morgan fingerprint density at radius 3 is 2.42 bits per heavy atom. The zero-order valence-corrected chi connectivity index (χ0v) is 16.3. The van der Waals surface area contributed by atoms with E-state index < -0.39 is 6.10 Å². The lowest BCUT2D eigenvalue weighted by Gasteiger charge is -2.36. The van der Waals surface area contributed by atoms with Crippen LogP contribution < -0.4 is 4.74 Å². The number of β-amino-alcohol motifs (C(OH)–C–C–N with tert-alkyl or cyclic N) is 1. The van der Waals surface area contributed by atoms with Gasteiger partial charge in [0, 0.05) is 19.6 Å². The quantitative estimate of drug-likeness (QED) is 0.884. The van der Waals surface area contributed by atoms with Crippen molar-refractivity contribution in [2.75, 3.05) is 26.2 Å². The molecule has 0 saturated carbocycles. The maximum Gasteiger partial charge on any atom is 0.123 e. The van der Waals surface area contributed by atoms with Gasteiger partial charge < -0.3 is 14.7 Å². The number of piperidine rings is 1. The summed E-state index contributed by atoms with van der Waals surface area (Å²) in [5.74, 6) is 2.32. The van der Waals surface area contributed by atoms with E-state index in [9.17, 15) is 5.11 Å². The molecule has 1 aromatic carbocycles. The lowest BCUT2D eigenvalue weighted by molar-refractivity contribution is 0.0424. The third-order valence-corrected chi connectivity index (χ3v) is 4.79. The second-order valence-corrected chi connectivity index (χ2v) is 8.88. The van der Waals surface area contributed by atoms with E-state index in [0.29, 0.717) is 25.0 Å². The number of likely N-dealkylation sites (tertiary alicyclic amines) is 1. The van der Waals surface area contributed by atoms with E-state index in [0.717, 1.165) is 18.8 Å². The van der Waals surface area contributed by atoms with Gasteiger partial charge in [0.15, 0.2) is 0 Å². The molecule has 1 fully saturated rings. The lowest BCUT2D eigenvalue weighted by Crippen LogP contribution is -2.44. The summed E-state index contributed by atoms with van der Waals surface area (Å²) in [5.41, 5.74) is 2.48. The molecular weight excluding hydrogens is 298 g/mol. The fourth-order valence-corrected chi connectivity index (χ4v) is 3.83. The third kappa shape index (κ3) is 5.49. The van der Waals surface area contributed by atoms with Crippen LogP contribution in [-0.4, -0.2) is 42.4 Å². The number of hydrogen-bond donors (Lipinski definition) is 1. The van der Waals surface area contributed by atoms with Gasteiger partial charge in [-0.3, -0.25) is 0 Å². The molecule has 1 saturated heterocycles. The average Bonchev–Trinajstić information content (AvgIpc) is 2.43. The Balaban J connectivity index is 1.93. The van der Waals surface area contributed by atoms with Gasteiger partial charge in [-0.05, 0) is 42.2 Å². The second kappa shape index (κ2) is 7.88. The van der Waals surface area contributed by atoms with E-state index in [1.807, 2.05) is 6.07 Å². The van der Waals surface area contributed by atoms with Crippen LogP contribution in [0, 0.1) is 18.8 Å². The van der Waals surface area contributed by atoms with Gasteiger partial charge in [0.2, 0.25) is 0 Å². The highest BCUT2D eigenvalue weighted by Gasteiger charge is 2.24. The monoisotopic (exact) mass is 333 g/mol. The number of aliphatic hydroxyl groups is 1. The second-order valence-electron chi connectivity index (χ2n) is 8.88. The van der Waals surface area contributed by atoms with Crippen LogP contribution in [0.1, 0.15) is 52.2 Å². The molecule has 0 unspecified atom stereocenters. The highest BCUT2D eigenvalue weighted by Crippen LogP contribution is 2.32. The maximum absolute atomic E-state index is 10.4. The fourth-order valence-electron chi connectivity index (χ4n) is 3.83. The van der Waals surface area contributed by atoms with Gasteiger partial charge in [0.1, 0.15) is 18.5 Å². The summed E-state index contributed by atoms with van der Waals surface area (Å²) in [6, 6.07) is 6.30. The number of benzene rings is 1. The molecule has 0 spiro atoms. The van der Waals surface area contributed by atoms with Gasteiger partial charge in [-0.2, -0.15) is 0 Å². The van der Waals surface area contributed by atoms with Crippen molar-refractivity contribution >= 4 is 0 Å². The Hall–Kier alpha value is -1.06. The Morgan fingerprint density at radius 1 is 1.21 bits per heavy atom. The Kier molecular flexibility index (Phi) is 6.33. The zero-order valence-electron chi connectivity index (χ0n) is 16.3. The van der Waals surface area contributed by atoms with E-state index in [1.165, 1.54) is 17.5 Å². The first-order valence-corrected chi connectivity index (χ1v) is 9.29. The minimum absolute atomic E-state index is 0.0318. The zero-order chi connectivity index (χ0) is 17.9. The van der Waals surface area contributed by atoms with Crippen LogP contribution in [0.2, 0.25) is 0 Å². The van der Waals surface area contributed by atoms with Crippen molar-refractivity contribution in [2.45, 2.75) is 59.5 Å². The van der Waals surface area contributed by atoms with Crippen LogP contribution in [-0.2, 0) is 5.41 Å². The molecule has 1 heterocycles. The molecule has 2 rings (SSSR count). The van der Waals surface area contributed by atoms with Crippen molar-refractivity contribution in [2.24, 2.45) is 11.8 Å². The molecule has 0 amide bonds. The summed E-state index contributed by atoms with van der Waals surface area (Å²) in [5, 5.41) is 10.4. The van der Waals surface area contributed by atoms with E-state index >= 15 is 0 Å². The predicted molar refractivity (Wildman–Crippen MR) is 101 cm³/mol. The van der Waals surface area contributed by atoms with E-state index in [2.05, 4.69) is 58.6 Å². The summed E-state index contributed by atoms with van der Waals surface area (Å²) < 4.78 is 6.00. The summed E-state index contributed by atoms with van der Waals surface area (Å²) in [4.78, 5) is 2.38. The summed E-state index contributed by atoms with van der Waals surface area (Å²) in [6.45, 7) is 16.5. The molecule has 1 N–H and O–H groups in total. The molecule has 1 aliphatic heterocycles. The highest BCUT2D eigenvalue weighted by molar-refractivity contribution is 5.41. The van der Waals surface area contributed by atoms with Crippen LogP contribution in [0.25, 0.3) is 0 Å². The van der Waals surface area contributed by atoms with Crippen LogP contribution in [0.15, 0.2) is 18.2 Å². The van der Waals surface area contributed by atoms with Gasteiger partial charge in [-0.1, -0.05) is 52.3 Å². The van der Waals surface area contributed by atoms with Crippen molar-refractivity contribution in [3.05, 3.63) is 29.3 Å². The Morgan fingerprint density at radius 2 is 1.83 bits per heavy atom. The van der Waals surface area contributed by atoms with Crippen molar-refractivity contribution < 1.29 is 9.84 Å². The number of aliphatic hydroxyl groups excluding tert-OH is 1. The van der Waals surface area contributed by atoms with E-state index in [-0.39, 0.29) is 5.41 Å². The third-order valence-electron chi connectivity index (χ3n) is 4.79. The molecule has 3 nitrogen and oxygen atoms in total. The molecule has 1 aromatic rings. The van der Waals surface area contributed by atoms with Crippen LogP contribution in [0.3, 0.4) is 0 Å². The molecule has 3 atom stereocenters. The lowest BCUT2D eigenvalue weighted by atomic mass is 9.85. The number of ether oxygens (including phenoxy) is 1. The van der Waals surface area contributed by atoms with Gasteiger partial charge in [-0.15, -0.1) is 0 Å². The number of rotatable bonds is 5. The van der Waals surface area contributed by atoms with E-state index in [4.69, 9.17) is 4.74 Å². The SMILES string of the molecule is Cc1ccc(OC[C@@H](O)CN2C[C@H](C)C[C@H](C)C2)c(C(C)(C)C)c1. The van der Waals surface area contributed by atoms with Crippen molar-refractivity contribution in [1.29, 1.82) is 0 Å². The normalized spacial score (nSPS) is 24.0. The number of aryl methyl sites for hydroxylation is 1. The van der Waals surface area contributed by atoms with Gasteiger partial charge >= 0.3 is 0 Å². The van der Waals surface area contributed by atoms with Gasteiger partial charge in [0.25, 0.3) is 0 Å². The number of nitrogens with zero attached hydrogens (tertiary/aromatic N) is 1. The highest BCUT2D eigenvalue weighted by atomic mass is 16.5. The minimum Gasteiger partial charge on any atom is -0.491 e. The topological polar surface area (TPSA) is 32.7 Å². The van der Waals surface area contributed by atoms with Crippen LogP contribution in [0.4, 0.5) is 0 Å². The summed E-state index contributed by atoms with van der Waals surface area (Å²) >= 11 is 0. The molecular formula is C21H35NO2. The van der Waals surface area contributed by atoms with E-state index in [1.54, 1.807) is 0 Å². The molecule has 0 aromatic heterocycles. The van der Waals surface area contributed by atoms with Crippen LogP contribution >= 0.6 is 0 Å². The van der Waals surface area contributed by atoms with Crippen molar-refractivity contribution in [1.82, 2.24) is 4.90 Å². The Labute approximate surface area is 148 Å². The first-order valence-electron chi connectivity index (χ1n) is 9.29. The van der Waals surface area contributed by atoms with Crippen LogP contribution in [0.5, 0.6) is 5.75 Å². The fraction of sp³-hybridized carbons (Fsp3) is 0.714. The van der Waals surface area contributed by atoms with Crippen molar-refractivity contribution in [3.8, 4) is 5.75 Å². The smallest absolute Gasteiger partial charge is 0.123 e. The summed E-state index contributed by atoms with van der Waals surface area (Å²) in [6.07, 6.45) is 0.845. The minimum atomic E-state index is -0.448. The Bertz CT molecular complexity index is 525. The molecule has 136 valence electrons. The number of hydrogen-bond acceptors (Lipinski definition) is 3. The summed E-state index contributed by atoms with van der Waals surface area (Å²) in [7, 11) is 0. The first-order chi connectivity index (χ1) is 11.1. The van der Waals surface area contributed by atoms with Crippen molar-refractivity contribution in [3.63, 3.8) is 0 Å². The molecule has 0 aliphatic carbocycles. The molecule has 0 bridgehead atoms. The standard InChI is InChI=1S/C21H35NO2/c1-15-7-8-20(19(10-15)21(4,5)6)24-14-18(23)13-22-11-16(2)9-17(3)12-22/h7-8,10,16-18,23H,9,11-14H2,1-6H3/t16-,17+,18-/m0/s1. The maximum atomic E-state index is 10.4. The average molecular weight is 334 g/mol. The molecule has 24 heavy (non-hydrogen) atoms. The van der Waals surface area contributed by atoms with Gasteiger partial charge in [-0.25, -0.2) is 0 Å². The van der Waals surface area contributed by atoms with Gasteiger partial charge in [0.05, 0.1) is 0 Å². The largest absolute Gasteiger partial charge is 0.491 e. The molecule has 1 aliphatic rings. The predicted octanol–water partition coefficient (Wildman–Crippen LogP) is 4.01. The molecule has 0 radical (unpaired) electrons. The molecule has 3 heteroatoms.